The van der Waals surface area contributed by atoms with E-state index in [1.807, 2.05) is 32.9 Å². The largest absolute Gasteiger partial charge is 0.369 e. The molecule has 1 aromatic carbocycles. The van der Waals surface area contributed by atoms with Crippen LogP contribution in [-0.2, 0) is 0 Å². The third kappa shape index (κ3) is 3.97. The van der Waals surface area contributed by atoms with Crippen molar-refractivity contribution < 1.29 is 4.39 Å². The van der Waals surface area contributed by atoms with Crippen molar-refractivity contribution in [2.45, 2.75) is 52.5 Å². The number of hydrogen-bond donors (Lipinski definition) is 0. The lowest BCUT2D eigenvalue weighted by molar-refractivity contribution is 0.207. The Morgan fingerprint density at radius 1 is 1.00 bits per heavy atom. The van der Waals surface area contributed by atoms with E-state index in [4.69, 9.17) is 0 Å². The maximum atomic E-state index is 14.0. The number of anilines is 1. The van der Waals surface area contributed by atoms with Gasteiger partial charge in [-0.2, -0.15) is 0 Å². The fraction of sp³-hybridized carbons (Fsp3) is 0.667. The molecule has 0 aliphatic carbocycles. The molecule has 0 aromatic heterocycles. The highest BCUT2D eigenvalue weighted by Crippen LogP contribution is 2.27. The van der Waals surface area contributed by atoms with Gasteiger partial charge in [0.1, 0.15) is 5.82 Å². The summed E-state index contributed by atoms with van der Waals surface area (Å²) in [6, 6.07) is 6.31. The van der Waals surface area contributed by atoms with Gasteiger partial charge in [0, 0.05) is 19.1 Å². The molecule has 2 saturated heterocycles. The van der Waals surface area contributed by atoms with Crippen LogP contribution in [0.15, 0.2) is 18.2 Å². The van der Waals surface area contributed by atoms with E-state index in [1.165, 1.54) is 38.8 Å². The Balaban J connectivity index is 0.000000774. The second kappa shape index (κ2) is 7.79. The molecule has 0 bridgehead atoms. The molecule has 2 aliphatic heterocycles. The van der Waals surface area contributed by atoms with Crippen LogP contribution in [0.1, 0.15) is 45.1 Å². The zero-order chi connectivity index (χ0) is 15.2. The quantitative estimate of drug-likeness (QED) is 0.805. The summed E-state index contributed by atoms with van der Waals surface area (Å²) in [5.41, 5.74) is 1.78. The molecule has 0 saturated carbocycles. The fourth-order valence-corrected chi connectivity index (χ4v) is 3.45. The van der Waals surface area contributed by atoms with Gasteiger partial charge in [0.15, 0.2) is 0 Å². The average Bonchev–Trinajstić information content (AvgIpc) is 3.04. The summed E-state index contributed by atoms with van der Waals surface area (Å²) in [6.45, 7) is 10.4. The van der Waals surface area contributed by atoms with Gasteiger partial charge in [-0.25, -0.2) is 4.39 Å². The van der Waals surface area contributed by atoms with Gasteiger partial charge in [-0.15, -0.1) is 0 Å². The third-order valence-electron chi connectivity index (χ3n) is 4.57. The molecule has 0 spiro atoms. The minimum Gasteiger partial charge on any atom is -0.369 e. The fourth-order valence-electron chi connectivity index (χ4n) is 3.45. The molecule has 0 radical (unpaired) electrons. The first-order chi connectivity index (χ1) is 10.2. The van der Waals surface area contributed by atoms with Crippen LogP contribution in [0.25, 0.3) is 0 Å². The number of hydrogen-bond acceptors (Lipinski definition) is 2. The molecule has 2 fully saturated rings. The number of piperidine rings is 1. The van der Waals surface area contributed by atoms with E-state index in [-0.39, 0.29) is 5.82 Å². The van der Waals surface area contributed by atoms with Crippen molar-refractivity contribution in [2.24, 2.45) is 0 Å². The summed E-state index contributed by atoms with van der Waals surface area (Å²) >= 11 is 0. The van der Waals surface area contributed by atoms with Crippen LogP contribution in [0.2, 0.25) is 0 Å². The second-order valence-electron chi connectivity index (χ2n) is 5.92. The van der Waals surface area contributed by atoms with Crippen LogP contribution >= 0.6 is 0 Å². The molecule has 21 heavy (non-hydrogen) atoms. The van der Waals surface area contributed by atoms with Crippen LogP contribution in [-0.4, -0.2) is 37.1 Å². The Morgan fingerprint density at radius 2 is 1.62 bits per heavy atom. The molecule has 0 unspecified atom stereocenters. The van der Waals surface area contributed by atoms with Crippen molar-refractivity contribution >= 4 is 5.69 Å². The third-order valence-corrected chi connectivity index (χ3v) is 4.57. The van der Waals surface area contributed by atoms with E-state index < -0.39 is 0 Å². The first-order valence-electron chi connectivity index (χ1n) is 8.49. The molecule has 3 heteroatoms. The predicted octanol–water partition coefficient (Wildman–Crippen LogP) is 4.22. The Morgan fingerprint density at radius 3 is 2.19 bits per heavy atom. The van der Waals surface area contributed by atoms with Gasteiger partial charge in [-0.3, -0.25) is 0 Å². The Labute approximate surface area is 128 Å². The van der Waals surface area contributed by atoms with Gasteiger partial charge < -0.3 is 9.80 Å². The summed E-state index contributed by atoms with van der Waals surface area (Å²) < 4.78 is 14.0. The van der Waals surface area contributed by atoms with Gasteiger partial charge in [-0.1, -0.05) is 19.9 Å². The Bertz CT molecular complexity index is 433. The first-order valence-corrected chi connectivity index (χ1v) is 8.49. The molecule has 2 heterocycles. The van der Waals surface area contributed by atoms with Crippen LogP contribution in [0.5, 0.6) is 0 Å². The highest BCUT2D eigenvalue weighted by atomic mass is 19.1. The SMILES string of the molecule is CC.Cc1ccc(N2CCC(N3CCCC3)CC2)c(F)c1. The summed E-state index contributed by atoms with van der Waals surface area (Å²) in [4.78, 5) is 4.84. The van der Waals surface area contributed by atoms with E-state index in [0.29, 0.717) is 0 Å². The van der Waals surface area contributed by atoms with E-state index in [2.05, 4.69) is 9.80 Å². The van der Waals surface area contributed by atoms with Crippen LogP contribution in [0, 0.1) is 12.7 Å². The maximum Gasteiger partial charge on any atom is 0.146 e. The highest BCUT2D eigenvalue weighted by molar-refractivity contribution is 5.49. The monoisotopic (exact) mass is 292 g/mol. The molecule has 2 aliphatic rings. The smallest absolute Gasteiger partial charge is 0.146 e. The zero-order valence-corrected chi connectivity index (χ0v) is 13.7. The van der Waals surface area contributed by atoms with E-state index in [9.17, 15) is 4.39 Å². The lowest BCUT2D eigenvalue weighted by atomic mass is 10.0. The maximum absolute atomic E-state index is 14.0. The first kappa shape index (κ1) is 16.3. The van der Waals surface area contributed by atoms with Crippen molar-refractivity contribution in [1.29, 1.82) is 0 Å². The molecule has 3 rings (SSSR count). The van der Waals surface area contributed by atoms with Crippen LogP contribution in [0.4, 0.5) is 10.1 Å². The van der Waals surface area contributed by atoms with E-state index in [0.717, 1.165) is 30.4 Å². The lowest BCUT2D eigenvalue weighted by Gasteiger charge is -2.37. The number of likely N-dealkylation sites (tertiary alicyclic amines) is 1. The van der Waals surface area contributed by atoms with Gasteiger partial charge in [0.05, 0.1) is 5.69 Å². The Kier molecular flexibility index (Phi) is 6.04. The van der Waals surface area contributed by atoms with Gasteiger partial charge in [0.25, 0.3) is 0 Å². The molecule has 2 nitrogen and oxygen atoms in total. The molecule has 0 N–H and O–H groups in total. The molecular formula is C18H29FN2. The minimum atomic E-state index is -0.0698. The number of halogens is 1. The average molecular weight is 292 g/mol. The molecule has 118 valence electrons. The molecule has 1 aromatic rings. The summed E-state index contributed by atoms with van der Waals surface area (Å²) in [5, 5.41) is 0. The van der Waals surface area contributed by atoms with Crippen molar-refractivity contribution in [1.82, 2.24) is 4.90 Å². The predicted molar refractivity (Wildman–Crippen MR) is 88.5 cm³/mol. The summed E-state index contributed by atoms with van der Waals surface area (Å²) in [7, 11) is 0. The standard InChI is InChI=1S/C16H23FN2.C2H6/c1-13-4-5-16(15(17)12-13)19-10-6-14(7-11-19)18-8-2-3-9-18;1-2/h4-5,12,14H,2-3,6-11H2,1H3;1-2H3. The van der Waals surface area contributed by atoms with Crippen LogP contribution in [0.3, 0.4) is 0 Å². The normalized spacial score (nSPS) is 20.3. The number of nitrogens with zero attached hydrogens (tertiary/aromatic N) is 2. The topological polar surface area (TPSA) is 6.48 Å². The van der Waals surface area contributed by atoms with Crippen molar-refractivity contribution in [3.8, 4) is 0 Å². The molecular weight excluding hydrogens is 263 g/mol. The summed E-state index contributed by atoms with van der Waals surface area (Å²) in [6.07, 6.45) is 5.06. The van der Waals surface area contributed by atoms with Crippen molar-refractivity contribution in [2.75, 3.05) is 31.1 Å². The lowest BCUT2D eigenvalue weighted by Crippen LogP contribution is -2.44. The molecule has 0 amide bonds. The minimum absolute atomic E-state index is 0.0698. The number of aryl methyl sites for hydroxylation is 1. The van der Waals surface area contributed by atoms with E-state index in [1.54, 1.807) is 6.07 Å². The van der Waals surface area contributed by atoms with Crippen molar-refractivity contribution in [3.63, 3.8) is 0 Å². The number of benzene rings is 1. The van der Waals surface area contributed by atoms with E-state index >= 15 is 0 Å². The van der Waals surface area contributed by atoms with Crippen molar-refractivity contribution in [3.05, 3.63) is 29.6 Å². The van der Waals surface area contributed by atoms with Crippen LogP contribution < -0.4 is 4.90 Å². The van der Waals surface area contributed by atoms with Gasteiger partial charge >= 0.3 is 0 Å². The Hall–Kier alpha value is -1.09. The highest BCUT2D eigenvalue weighted by Gasteiger charge is 2.27. The van der Waals surface area contributed by atoms with Gasteiger partial charge in [-0.05, 0) is 63.4 Å². The zero-order valence-electron chi connectivity index (χ0n) is 13.7. The molecule has 0 atom stereocenters. The van der Waals surface area contributed by atoms with Gasteiger partial charge in [0.2, 0.25) is 0 Å². The number of rotatable bonds is 2. The second-order valence-corrected chi connectivity index (χ2v) is 5.92. The summed E-state index contributed by atoms with van der Waals surface area (Å²) in [5.74, 6) is -0.0698.